The van der Waals surface area contributed by atoms with E-state index in [1.165, 1.54) is 6.08 Å². The van der Waals surface area contributed by atoms with Gasteiger partial charge < -0.3 is 32.2 Å². The molecule has 0 unspecified atom stereocenters. The Kier molecular flexibility index (Phi) is 16.7. The summed E-state index contributed by atoms with van der Waals surface area (Å²) in [5.41, 5.74) is 13.2. The Morgan fingerprint density at radius 3 is 2.13 bits per heavy atom. The van der Waals surface area contributed by atoms with Gasteiger partial charge >= 0.3 is 6.09 Å². The number of nitrogens with two attached hydrogens (primary N) is 2. The average Bonchev–Trinajstić information content (AvgIpc) is 3.03. The Morgan fingerprint density at radius 1 is 0.936 bits per heavy atom. The van der Waals surface area contributed by atoms with Gasteiger partial charge in [-0.2, -0.15) is 0 Å². The number of hydrogen-bond donors (Lipinski definition) is 6. The van der Waals surface area contributed by atoms with Gasteiger partial charge in [-0.05, 0) is 54.7 Å². The van der Waals surface area contributed by atoms with Gasteiger partial charge in [-0.1, -0.05) is 94.4 Å². The summed E-state index contributed by atoms with van der Waals surface area (Å²) in [4.78, 5) is 54.9. The van der Waals surface area contributed by atoms with Gasteiger partial charge in [0.25, 0.3) is 5.91 Å². The topological polar surface area (TPSA) is 193 Å². The second-order valence-corrected chi connectivity index (χ2v) is 12.2. The number of carbonyl (C=O) groups excluding carboxylic acids is 4. The van der Waals surface area contributed by atoms with Crippen molar-refractivity contribution < 1.29 is 23.9 Å². The predicted molar refractivity (Wildman–Crippen MR) is 183 cm³/mol. The zero-order valence-electron chi connectivity index (χ0n) is 27.9. The number of nitrogens with zero attached hydrogens (tertiary/aromatic N) is 1. The lowest BCUT2D eigenvalue weighted by atomic mass is 9.98. The Labute approximate surface area is 278 Å². The minimum atomic E-state index is -1.07. The minimum absolute atomic E-state index is 0.0191. The number of nitrogens with one attached hydrogen (secondary N) is 4. The molecular weight excluding hydrogens is 598 g/mol. The molecule has 0 fully saturated rings. The summed E-state index contributed by atoms with van der Waals surface area (Å²) in [6, 6.07) is 16.0. The molecule has 0 aliphatic rings. The summed E-state index contributed by atoms with van der Waals surface area (Å²) < 4.78 is 5.62. The summed E-state index contributed by atoms with van der Waals surface area (Å²) in [6.07, 6.45) is 3.88. The van der Waals surface area contributed by atoms with Crippen molar-refractivity contribution in [2.24, 2.45) is 23.3 Å². The normalized spacial score (nSPS) is 13.1. The van der Waals surface area contributed by atoms with E-state index in [0.717, 1.165) is 16.0 Å². The zero-order chi connectivity index (χ0) is 34.8. The molecule has 256 valence electrons. The Balaban J connectivity index is 2.26. The third-order valence-electron chi connectivity index (χ3n) is 7.36. The lowest BCUT2D eigenvalue weighted by Gasteiger charge is -2.35. The van der Waals surface area contributed by atoms with Crippen molar-refractivity contribution in [1.82, 2.24) is 20.9 Å². The lowest BCUT2D eigenvalue weighted by molar-refractivity contribution is -0.138. The van der Waals surface area contributed by atoms with Crippen molar-refractivity contribution in [3.05, 3.63) is 83.9 Å². The van der Waals surface area contributed by atoms with Crippen LogP contribution in [0.15, 0.2) is 72.8 Å². The van der Waals surface area contributed by atoms with Crippen LogP contribution in [0.3, 0.4) is 0 Å². The summed E-state index contributed by atoms with van der Waals surface area (Å²) >= 11 is 0. The van der Waals surface area contributed by atoms with Gasteiger partial charge in [0.2, 0.25) is 11.8 Å². The molecule has 0 saturated heterocycles. The molecule has 8 N–H and O–H groups in total. The number of carbonyl (C=O) groups is 4. The third-order valence-corrected chi connectivity index (χ3v) is 7.36. The van der Waals surface area contributed by atoms with Crippen molar-refractivity contribution in [3.8, 4) is 0 Å². The first-order valence-corrected chi connectivity index (χ1v) is 16.0. The Bertz CT molecular complexity index is 1320. The number of amides is 4. The summed E-state index contributed by atoms with van der Waals surface area (Å²) in [7, 11) is 0. The average molecular weight is 650 g/mol. The SMILES string of the molecule is CC(C)C[C@@H](NC(=O)[C@H](N)CCCNC(=N)N)C(=O)N(C(=O)OCc1ccccc1)[C@H](CNC(=O)/C=C/Cc1ccccc1)C(C)C. The zero-order valence-corrected chi connectivity index (χ0v) is 27.9. The van der Waals surface area contributed by atoms with Crippen LogP contribution in [0.25, 0.3) is 0 Å². The van der Waals surface area contributed by atoms with Gasteiger partial charge in [0.1, 0.15) is 12.6 Å². The fraction of sp³-hybridized carbons (Fsp3) is 0.457. The molecule has 47 heavy (non-hydrogen) atoms. The molecule has 0 heterocycles. The van der Waals surface area contributed by atoms with Crippen LogP contribution in [0.1, 0.15) is 58.1 Å². The number of rotatable bonds is 18. The van der Waals surface area contributed by atoms with E-state index >= 15 is 0 Å². The maximum atomic E-state index is 14.2. The molecule has 2 rings (SSSR count). The van der Waals surface area contributed by atoms with Crippen LogP contribution >= 0.6 is 0 Å². The van der Waals surface area contributed by atoms with E-state index in [1.54, 1.807) is 18.2 Å². The van der Waals surface area contributed by atoms with Crippen molar-refractivity contribution >= 4 is 29.8 Å². The molecule has 0 aromatic heterocycles. The number of ether oxygens (including phenoxy) is 1. The predicted octanol–water partition coefficient (Wildman–Crippen LogP) is 3.21. The van der Waals surface area contributed by atoms with Crippen LogP contribution < -0.4 is 27.4 Å². The highest BCUT2D eigenvalue weighted by Crippen LogP contribution is 2.18. The van der Waals surface area contributed by atoms with Crippen LogP contribution in [0.2, 0.25) is 0 Å². The van der Waals surface area contributed by atoms with Gasteiger partial charge in [-0.25, -0.2) is 9.69 Å². The number of hydrogen-bond acceptors (Lipinski definition) is 7. The first-order chi connectivity index (χ1) is 22.4. The van der Waals surface area contributed by atoms with Crippen molar-refractivity contribution in [3.63, 3.8) is 0 Å². The molecule has 0 saturated carbocycles. The van der Waals surface area contributed by atoms with Crippen molar-refractivity contribution in [2.45, 2.75) is 78.1 Å². The van der Waals surface area contributed by atoms with E-state index in [2.05, 4.69) is 16.0 Å². The molecule has 0 spiro atoms. The van der Waals surface area contributed by atoms with Crippen molar-refractivity contribution in [2.75, 3.05) is 13.1 Å². The maximum Gasteiger partial charge on any atom is 0.417 e. The van der Waals surface area contributed by atoms with Gasteiger partial charge in [0.15, 0.2) is 5.96 Å². The van der Waals surface area contributed by atoms with Gasteiger partial charge in [0, 0.05) is 13.1 Å². The highest BCUT2D eigenvalue weighted by molar-refractivity contribution is 5.98. The molecule has 0 radical (unpaired) electrons. The van der Waals surface area contributed by atoms with E-state index in [4.69, 9.17) is 21.6 Å². The van der Waals surface area contributed by atoms with E-state index in [1.807, 2.05) is 76.2 Å². The number of benzene rings is 2. The van der Waals surface area contributed by atoms with Gasteiger partial charge in [0.05, 0.1) is 12.1 Å². The van der Waals surface area contributed by atoms with Gasteiger partial charge in [-0.3, -0.25) is 19.8 Å². The first-order valence-electron chi connectivity index (χ1n) is 16.0. The summed E-state index contributed by atoms with van der Waals surface area (Å²) in [5, 5.41) is 15.5. The van der Waals surface area contributed by atoms with E-state index < -0.39 is 36.0 Å². The highest BCUT2D eigenvalue weighted by Gasteiger charge is 2.38. The Morgan fingerprint density at radius 2 is 1.55 bits per heavy atom. The van der Waals surface area contributed by atoms with Crippen LogP contribution in [0.4, 0.5) is 4.79 Å². The van der Waals surface area contributed by atoms with Crippen LogP contribution in [-0.4, -0.2) is 65.9 Å². The highest BCUT2D eigenvalue weighted by atomic mass is 16.6. The van der Waals surface area contributed by atoms with E-state index in [-0.39, 0.29) is 49.7 Å². The third kappa shape index (κ3) is 14.5. The van der Waals surface area contributed by atoms with E-state index in [9.17, 15) is 19.2 Å². The fourth-order valence-corrected chi connectivity index (χ4v) is 4.80. The smallest absolute Gasteiger partial charge is 0.417 e. The molecule has 2 aromatic carbocycles. The van der Waals surface area contributed by atoms with Crippen molar-refractivity contribution in [1.29, 1.82) is 5.41 Å². The fourth-order valence-electron chi connectivity index (χ4n) is 4.80. The number of allylic oxidation sites excluding steroid dienone is 1. The monoisotopic (exact) mass is 649 g/mol. The van der Waals surface area contributed by atoms with Gasteiger partial charge in [-0.15, -0.1) is 0 Å². The van der Waals surface area contributed by atoms with Crippen LogP contribution in [-0.2, 0) is 32.1 Å². The molecule has 0 aliphatic heterocycles. The van der Waals surface area contributed by atoms with Crippen LogP contribution in [0.5, 0.6) is 0 Å². The first kappa shape index (κ1) is 38.5. The molecule has 4 amide bonds. The molecule has 0 aliphatic carbocycles. The maximum absolute atomic E-state index is 14.2. The Hall–Kier alpha value is -4.71. The second kappa shape index (κ2) is 20.4. The molecular formula is C35H51N7O5. The quantitative estimate of drug-likeness (QED) is 0.0613. The van der Waals surface area contributed by atoms with Crippen LogP contribution in [0, 0.1) is 17.2 Å². The molecule has 12 heteroatoms. The molecule has 2 aromatic rings. The second-order valence-electron chi connectivity index (χ2n) is 12.2. The minimum Gasteiger partial charge on any atom is -0.444 e. The number of guanidine groups is 1. The molecule has 12 nitrogen and oxygen atoms in total. The molecule has 3 atom stereocenters. The largest absolute Gasteiger partial charge is 0.444 e. The van der Waals surface area contributed by atoms with E-state index in [0.29, 0.717) is 19.4 Å². The summed E-state index contributed by atoms with van der Waals surface area (Å²) in [6.45, 7) is 7.77. The lowest BCUT2D eigenvalue weighted by Crippen LogP contribution is -2.59. The standard InChI is InChI=1S/C35H51N7O5/c1-24(2)21-29(41-32(44)28(36)18-12-20-39-34(37)38)33(45)42(35(46)47-23-27-15-9-6-10-16-27)30(25(3)4)22-40-31(43)19-11-17-26-13-7-5-8-14-26/h5-11,13-16,19,24-25,28-30H,12,17-18,20-23,36H2,1-4H3,(H,40,43)(H,41,44)(H4,37,38,39)/b19-11+/t28-,29-,30-/m1/s1. The molecule has 0 bridgehead atoms. The number of imide groups is 1. The summed E-state index contributed by atoms with van der Waals surface area (Å²) in [5.74, 6) is -2.03.